The Morgan fingerprint density at radius 3 is 2.31 bits per heavy atom. The minimum absolute atomic E-state index is 0.276. The van der Waals surface area contributed by atoms with Crippen molar-refractivity contribution in [1.82, 2.24) is 5.32 Å². The standard InChI is InChI=1S/C15H23N/c1-4-7-12(2)16-15(3)10-13-8-5-6-9-14(13)11-15/h5-6,8-9,12,16H,4,7,10-11H2,1-3H3. The van der Waals surface area contributed by atoms with Gasteiger partial charge in [-0.05, 0) is 44.2 Å². The maximum atomic E-state index is 3.80. The van der Waals surface area contributed by atoms with Gasteiger partial charge in [0.25, 0.3) is 0 Å². The predicted octanol–water partition coefficient (Wildman–Crippen LogP) is 3.32. The summed E-state index contributed by atoms with van der Waals surface area (Å²) in [7, 11) is 0. The SMILES string of the molecule is CCCC(C)NC1(C)Cc2ccccc2C1. The minimum atomic E-state index is 0.276. The third-order valence-electron chi connectivity index (χ3n) is 3.60. The van der Waals surface area contributed by atoms with E-state index in [2.05, 4.69) is 50.4 Å². The summed E-state index contributed by atoms with van der Waals surface area (Å²) in [5.41, 5.74) is 3.33. The van der Waals surface area contributed by atoms with Crippen LogP contribution in [0.3, 0.4) is 0 Å². The monoisotopic (exact) mass is 217 g/mol. The smallest absolute Gasteiger partial charge is 0.0236 e. The van der Waals surface area contributed by atoms with Crippen LogP contribution in [0.1, 0.15) is 44.7 Å². The second kappa shape index (κ2) is 4.58. The van der Waals surface area contributed by atoms with E-state index in [-0.39, 0.29) is 5.54 Å². The topological polar surface area (TPSA) is 12.0 Å². The fraction of sp³-hybridized carbons (Fsp3) is 0.600. The second-order valence-corrected chi connectivity index (χ2v) is 5.52. The van der Waals surface area contributed by atoms with Crippen LogP contribution in [0.2, 0.25) is 0 Å². The van der Waals surface area contributed by atoms with Gasteiger partial charge in [-0.3, -0.25) is 0 Å². The molecule has 0 saturated heterocycles. The molecule has 1 unspecified atom stereocenters. The molecule has 16 heavy (non-hydrogen) atoms. The fourth-order valence-electron chi connectivity index (χ4n) is 3.01. The fourth-order valence-corrected chi connectivity index (χ4v) is 3.01. The molecular weight excluding hydrogens is 194 g/mol. The molecule has 0 bridgehead atoms. The van der Waals surface area contributed by atoms with Gasteiger partial charge in [-0.15, -0.1) is 0 Å². The van der Waals surface area contributed by atoms with E-state index in [9.17, 15) is 0 Å². The Bertz CT molecular complexity index is 331. The van der Waals surface area contributed by atoms with Crippen molar-refractivity contribution in [2.75, 3.05) is 0 Å². The lowest BCUT2D eigenvalue weighted by molar-refractivity contribution is 0.320. The number of hydrogen-bond acceptors (Lipinski definition) is 1. The molecule has 1 aliphatic rings. The largest absolute Gasteiger partial charge is 0.308 e. The summed E-state index contributed by atoms with van der Waals surface area (Å²) in [5, 5.41) is 3.80. The van der Waals surface area contributed by atoms with Crippen LogP contribution in [-0.4, -0.2) is 11.6 Å². The minimum Gasteiger partial charge on any atom is -0.308 e. The first-order valence-electron chi connectivity index (χ1n) is 6.47. The van der Waals surface area contributed by atoms with Gasteiger partial charge in [0.2, 0.25) is 0 Å². The van der Waals surface area contributed by atoms with E-state index >= 15 is 0 Å². The second-order valence-electron chi connectivity index (χ2n) is 5.52. The highest BCUT2D eigenvalue weighted by Crippen LogP contribution is 2.30. The van der Waals surface area contributed by atoms with Gasteiger partial charge in [0.05, 0.1) is 0 Å². The zero-order valence-corrected chi connectivity index (χ0v) is 10.7. The van der Waals surface area contributed by atoms with Gasteiger partial charge in [0.1, 0.15) is 0 Å². The molecule has 0 spiro atoms. The maximum Gasteiger partial charge on any atom is 0.0236 e. The molecule has 1 aromatic rings. The van der Waals surface area contributed by atoms with Crippen LogP contribution in [0, 0.1) is 0 Å². The summed E-state index contributed by atoms with van der Waals surface area (Å²) in [6.45, 7) is 6.92. The molecule has 0 saturated carbocycles. The van der Waals surface area contributed by atoms with E-state index in [1.807, 2.05) is 0 Å². The average Bonchev–Trinajstić information content (AvgIpc) is 2.53. The molecule has 0 fully saturated rings. The van der Waals surface area contributed by atoms with Crippen molar-refractivity contribution >= 4 is 0 Å². The molecule has 1 aliphatic carbocycles. The lowest BCUT2D eigenvalue weighted by Crippen LogP contribution is -2.47. The molecule has 0 aliphatic heterocycles. The Morgan fingerprint density at radius 1 is 1.25 bits per heavy atom. The molecule has 1 heteroatoms. The highest BCUT2D eigenvalue weighted by atomic mass is 15.0. The van der Waals surface area contributed by atoms with Crippen LogP contribution in [0.5, 0.6) is 0 Å². The number of benzene rings is 1. The van der Waals surface area contributed by atoms with E-state index in [4.69, 9.17) is 0 Å². The van der Waals surface area contributed by atoms with E-state index in [0.717, 1.165) is 0 Å². The summed E-state index contributed by atoms with van der Waals surface area (Å²) in [4.78, 5) is 0. The van der Waals surface area contributed by atoms with Crippen molar-refractivity contribution in [3.8, 4) is 0 Å². The Labute approximate surface area is 99.3 Å². The zero-order chi connectivity index (χ0) is 11.6. The first-order chi connectivity index (χ1) is 7.63. The summed E-state index contributed by atoms with van der Waals surface area (Å²) in [5.74, 6) is 0. The molecule has 0 radical (unpaired) electrons. The van der Waals surface area contributed by atoms with Crippen LogP contribution >= 0.6 is 0 Å². The highest BCUT2D eigenvalue weighted by Gasteiger charge is 2.32. The van der Waals surface area contributed by atoms with Crippen LogP contribution in [0.15, 0.2) is 24.3 Å². The summed E-state index contributed by atoms with van der Waals surface area (Å²) in [6.07, 6.45) is 4.89. The molecule has 0 heterocycles. The molecule has 1 aromatic carbocycles. The number of hydrogen-bond donors (Lipinski definition) is 1. The Kier molecular flexibility index (Phi) is 3.34. The van der Waals surface area contributed by atoms with Crippen molar-refractivity contribution < 1.29 is 0 Å². The van der Waals surface area contributed by atoms with Gasteiger partial charge in [0, 0.05) is 11.6 Å². The normalized spacial score (nSPS) is 19.4. The molecule has 2 rings (SSSR count). The molecule has 1 N–H and O–H groups in total. The van der Waals surface area contributed by atoms with E-state index in [1.165, 1.54) is 36.8 Å². The van der Waals surface area contributed by atoms with Gasteiger partial charge in [0.15, 0.2) is 0 Å². The molecule has 1 atom stereocenters. The first kappa shape index (κ1) is 11.7. The Hall–Kier alpha value is -0.820. The highest BCUT2D eigenvalue weighted by molar-refractivity contribution is 5.35. The molecular formula is C15H23N. The van der Waals surface area contributed by atoms with Crippen molar-refractivity contribution in [3.63, 3.8) is 0 Å². The van der Waals surface area contributed by atoms with Crippen LogP contribution in [0.25, 0.3) is 0 Å². The van der Waals surface area contributed by atoms with E-state index in [1.54, 1.807) is 0 Å². The van der Waals surface area contributed by atoms with Gasteiger partial charge < -0.3 is 5.32 Å². The summed E-state index contributed by atoms with van der Waals surface area (Å²) < 4.78 is 0. The number of nitrogens with one attached hydrogen (secondary N) is 1. The van der Waals surface area contributed by atoms with Gasteiger partial charge in [-0.25, -0.2) is 0 Å². The lowest BCUT2D eigenvalue weighted by atomic mass is 9.96. The van der Waals surface area contributed by atoms with Crippen molar-refractivity contribution in [2.24, 2.45) is 0 Å². The molecule has 0 aromatic heterocycles. The number of rotatable bonds is 4. The van der Waals surface area contributed by atoms with Crippen molar-refractivity contribution in [1.29, 1.82) is 0 Å². The average molecular weight is 217 g/mol. The summed E-state index contributed by atoms with van der Waals surface area (Å²) >= 11 is 0. The van der Waals surface area contributed by atoms with Gasteiger partial charge >= 0.3 is 0 Å². The zero-order valence-electron chi connectivity index (χ0n) is 10.7. The van der Waals surface area contributed by atoms with Crippen molar-refractivity contribution in [2.45, 2.75) is 58.0 Å². The van der Waals surface area contributed by atoms with Crippen LogP contribution < -0.4 is 5.32 Å². The van der Waals surface area contributed by atoms with Crippen LogP contribution in [-0.2, 0) is 12.8 Å². The Balaban J connectivity index is 2.03. The summed E-state index contributed by atoms with van der Waals surface area (Å²) in [6, 6.07) is 9.48. The van der Waals surface area contributed by atoms with Crippen LogP contribution in [0.4, 0.5) is 0 Å². The number of fused-ring (bicyclic) bond motifs is 1. The van der Waals surface area contributed by atoms with Gasteiger partial charge in [-0.2, -0.15) is 0 Å². The third-order valence-corrected chi connectivity index (χ3v) is 3.60. The molecule has 1 nitrogen and oxygen atoms in total. The quantitative estimate of drug-likeness (QED) is 0.816. The lowest BCUT2D eigenvalue weighted by Gasteiger charge is -2.29. The first-order valence-corrected chi connectivity index (χ1v) is 6.47. The van der Waals surface area contributed by atoms with E-state index < -0.39 is 0 Å². The van der Waals surface area contributed by atoms with Gasteiger partial charge in [-0.1, -0.05) is 37.6 Å². The predicted molar refractivity (Wildman–Crippen MR) is 69.8 cm³/mol. The van der Waals surface area contributed by atoms with E-state index in [0.29, 0.717) is 6.04 Å². The maximum absolute atomic E-state index is 3.80. The Morgan fingerprint density at radius 2 is 1.81 bits per heavy atom. The van der Waals surface area contributed by atoms with Crippen molar-refractivity contribution in [3.05, 3.63) is 35.4 Å². The third kappa shape index (κ3) is 2.46. The molecule has 0 amide bonds. The molecule has 88 valence electrons.